The fourth-order valence-electron chi connectivity index (χ4n) is 4.22. The first-order valence-corrected chi connectivity index (χ1v) is 11.4. The van der Waals surface area contributed by atoms with Crippen LogP contribution in [0.15, 0.2) is 127 Å². The molecule has 3 heteroatoms. The van der Waals surface area contributed by atoms with Gasteiger partial charge in [0, 0.05) is 28.1 Å². The zero-order valence-electron chi connectivity index (χ0n) is 19.0. The van der Waals surface area contributed by atoms with Crippen molar-refractivity contribution in [2.75, 3.05) is 4.90 Å². The highest BCUT2D eigenvalue weighted by molar-refractivity contribution is 5.91. The molecule has 5 rings (SSSR count). The number of carbonyl (C=O) groups excluding carboxylic acids is 2. The van der Waals surface area contributed by atoms with Crippen molar-refractivity contribution in [3.05, 3.63) is 139 Å². The zero-order valence-corrected chi connectivity index (χ0v) is 19.0. The van der Waals surface area contributed by atoms with Crippen molar-refractivity contribution >= 4 is 29.6 Å². The van der Waals surface area contributed by atoms with E-state index in [-0.39, 0.29) is 0 Å². The van der Waals surface area contributed by atoms with Crippen LogP contribution in [0, 0.1) is 0 Å². The van der Waals surface area contributed by atoms with Crippen LogP contribution in [0.1, 0.15) is 20.7 Å². The van der Waals surface area contributed by atoms with E-state index in [1.807, 2.05) is 84.9 Å². The molecule has 0 heterocycles. The Morgan fingerprint density at radius 1 is 0.457 bits per heavy atom. The molecule has 0 amide bonds. The molecule has 0 bridgehead atoms. The predicted octanol–water partition coefficient (Wildman–Crippen LogP) is 8.12. The summed E-state index contributed by atoms with van der Waals surface area (Å²) in [6.45, 7) is 0. The molecular weight excluding hydrogens is 430 g/mol. The van der Waals surface area contributed by atoms with Gasteiger partial charge in [0.05, 0.1) is 5.69 Å². The molecule has 0 unspecified atom stereocenters. The van der Waals surface area contributed by atoms with Crippen LogP contribution in [-0.2, 0) is 0 Å². The van der Waals surface area contributed by atoms with Crippen LogP contribution in [-0.4, -0.2) is 12.6 Å². The molecule has 0 N–H and O–H groups in total. The summed E-state index contributed by atoms with van der Waals surface area (Å²) in [6, 6.07) is 42.2. The van der Waals surface area contributed by atoms with Crippen LogP contribution in [0.25, 0.3) is 22.3 Å². The molecule has 0 aromatic heterocycles. The van der Waals surface area contributed by atoms with Gasteiger partial charge in [-0.2, -0.15) is 0 Å². The third-order valence-corrected chi connectivity index (χ3v) is 6.01. The lowest BCUT2D eigenvalue weighted by Gasteiger charge is -2.28. The highest BCUT2D eigenvalue weighted by Crippen LogP contribution is 2.42. The first-order valence-electron chi connectivity index (χ1n) is 11.4. The van der Waals surface area contributed by atoms with Gasteiger partial charge in [-0.1, -0.05) is 97.1 Å². The molecule has 0 spiro atoms. The summed E-state index contributed by atoms with van der Waals surface area (Å²) < 4.78 is 0. The van der Waals surface area contributed by atoms with E-state index in [2.05, 4.69) is 47.4 Å². The number of aldehydes is 2. The molecule has 0 aliphatic heterocycles. The highest BCUT2D eigenvalue weighted by atomic mass is 16.1. The number of hydrogen-bond acceptors (Lipinski definition) is 3. The van der Waals surface area contributed by atoms with Crippen LogP contribution < -0.4 is 4.90 Å². The number of hydrogen-bond donors (Lipinski definition) is 0. The number of carbonyl (C=O) groups is 2. The SMILES string of the molecule is O=Cc1ccc(-c2ccc(-c3ccc(C=O)cc3)c(N(c3ccccc3)c3ccccc3)c2)cc1. The Balaban J connectivity index is 1.74. The Hall–Kier alpha value is -4.76. The van der Waals surface area contributed by atoms with E-state index >= 15 is 0 Å². The summed E-state index contributed by atoms with van der Waals surface area (Å²) in [4.78, 5) is 24.6. The summed E-state index contributed by atoms with van der Waals surface area (Å²) in [5.74, 6) is 0. The van der Waals surface area contributed by atoms with Crippen molar-refractivity contribution in [1.82, 2.24) is 0 Å². The standard InChI is InChI=1S/C32H23NO2/c34-22-24-11-15-26(16-12-24)28-19-20-31(27-17-13-25(23-35)14-18-27)32(21-28)33(29-7-3-1-4-8-29)30-9-5-2-6-10-30/h1-23H. The molecule has 5 aromatic rings. The first kappa shape index (κ1) is 22.1. The molecule has 0 fully saturated rings. The number of para-hydroxylation sites is 2. The van der Waals surface area contributed by atoms with E-state index in [0.29, 0.717) is 11.1 Å². The molecule has 3 nitrogen and oxygen atoms in total. The van der Waals surface area contributed by atoms with Gasteiger partial charge in [0.1, 0.15) is 12.6 Å². The van der Waals surface area contributed by atoms with Crippen LogP contribution in [0.2, 0.25) is 0 Å². The zero-order chi connectivity index (χ0) is 24.0. The largest absolute Gasteiger partial charge is 0.310 e. The van der Waals surface area contributed by atoms with Crippen molar-refractivity contribution in [3.63, 3.8) is 0 Å². The Labute approximate surface area is 204 Å². The fourth-order valence-corrected chi connectivity index (χ4v) is 4.22. The van der Waals surface area contributed by atoms with Gasteiger partial charge >= 0.3 is 0 Å². The Kier molecular flexibility index (Phi) is 6.31. The van der Waals surface area contributed by atoms with Crippen molar-refractivity contribution in [3.8, 4) is 22.3 Å². The van der Waals surface area contributed by atoms with E-state index in [1.54, 1.807) is 0 Å². The third kappa shape index (κ3) is 4.66. The normalized spacial score (nSPS) is 10.5. The van der Waals surface area contributed by atoms with Gasteiger partial charge in [0.2, 0.25) is 0 Å². The number of rotatable bonds is 7. The van der Waals surface area contributed by atoms with Crippen LogP contribution in [0.3, 0.4) is 0 Å². The van der Waals surface area contributed by atoms with Crippen LogP contribution in [0.4, 0.5) is 17.1 Å². The maximum atomic E-state index is 11.2. The lowest BCUT2D eigenvalue weighted by atomic mass is 9.96. The van der Waals surface area contributed by atoms with Gasteiger partial charge in [-0.05, 0) is 47.0 Å². The highest BCUT2D eigenvalue weighted by Gasteiger charge is 2.18. The van der Waals surface area contributed by atoms with Crippen molar-refractivity contribution in [2.24, 2.45) is 0 Å². The molecule has 168 valence electrons. The summed E-state index contributed by atoms with van der Waals surface area (Å²) in [5.41, 5.74) is 8.52. The average molecular weight is 454 g/mol. The van der Waals surface area contributed by atoms with E-state index in [4.69, 9.17) is 0 Å². The smallest absolute Gasteiger partial charge is 0.150 e. The van der Waals surface area contributed by atoms with Gasteiger partial charge in [0.15, 0.2) is 0 Å². The molecule has 35 heavy (non-hydrogen) atoms. The second kappa shape index (κ2) is 10.0. The quantitative estimate of drug-likeness (QED) is 0.234. The molecule has 0 aliphatic rings. The van der Waals surface area contributed by atoms with Gasteiger partial charge in [-0.3, -0.25) is 9.59 Å². The maximum Gasteiger partial charge on any atom is 0.150 e. The topological polar surface area (TPSA) is 37.4 Å². The molecule has 0 aliphatic carbocycles. The minimum Gasteiger partial charge on any atom is -0.310 e. The second-order valence-corrected chi connectivity index (χ2v) is 8.22. The predicted molar refractivity (Wildman–Crippen MR) is 143 cm³/mol. The number of nitrogens with zero attached hydrogens (tertiary/aromatic N) is 1. The summed E-state index contributed by atoms with van der Waals surface area (Å²) >= 11 is 0. The van der Waals surface area contributed by atoms with Crippen molar-refractivity contribution < 1.29 is 9.59 Å². The van der Waals surface area contributed by atoms with Gasteiger partial charge in [0.25, 0.3) is 0 Å². The van der Waals surface area contributed by atoms with Gasteiger partial charge in [-0.15, -0.1) is 0 Å². The fraction of sp³-hybridized carbons (Fsp3) is 0. The Bertz CT molecular complexity index is 1400. The monoisotopic (exact) mass is 453 g/mol. The molecule has 0 atom stereocenters. The Morgan fingerprint density at radius 3 is 1.40 bits per heavy atom. The number of benzene rings is 5. The molecular formula is C32H23NO2. The minimum absolute atomic E-state index is 0.644. The minimum atomic E-state index is 0.644. The Morgan fingerprint density at radius 2 is 0.914 bits per heavy atom. The molecule has 0 radical (unpaired) electrons. The van der Waals surface area contributed by atoms with E-state index in [9.17, 15) is 9.59 Å². The van der Waals surface area contributed by atoms with Crippen molar-refractivity contribution in [1.29, 1.82) is 0 Å². The van der Waals surface area contributed by atoms with E-state index < -0.39 is 0 Å². The summed E-state index contributed by atoms with van der Waals surface area (Å²) in [6.07, 6.45) is 1.71. The lowest BCUT2D eigenvalue weighted by molar-refractivity contribution is 0.111. The van der Waals surface area contributed by atoms with Gasteiger partial charge in [-0.25, -0.2) is 0 Å². The molecule has 0 saturated heterocycles. The van der Waals surface area contributed by atoms with Gasteiger partial charge < -0.3 is 4.90 Å². The van der Waals surface area contributed by atoms with Crippen molar-refractivity contribution in [2.45, 2.75) is 0 Å². The maximum absolute atomic E-state index is 11.2. The summed E-state index contributed by atoms with van der Waals surface area (Å²) in [7, 11) is 0. The van der Waals surface area contributed by atoms with E-state index in [0.717, 1.165) is 51.9 Å². The van der Waals surface area contributed by atoms with Crippen LogP contribution in [0.5, 0.6) is 0 Å². The lowest BCUT2D eigenvalue weighted by Crippen LogP contribution is -2.11. The molecule has 0 saturated carbocycles. The number of anilines is 3. The summed E-state index contributed by atoms with van der Waals surface area (Å²) in [5, 5.41) is 0. The second-order valence-electron chi connectivity index (χ2n) is 8.22. The molecule has 5 aromatic carbocycles. The first-order chi connectivity index (χ1) is 17.3. The average Bonchev–Trinajstić information content (AvgIpc) is 2.94. The third-order valence-electron chi connectivity index (χ3n) is 6.01. The van der Waals surface area contributed by atoms with Crippen LogP contribution >= 0.6 is 0 Å². The van der Waals surface area contributed by atoms with E-state index in [1.165, 1.54) is 0 Å².